The Bertz CT molecular complexity index is 819. The average molecular weight is 362 g/mol. The highest BCUT2D eigenvalue weighted by atomic mass is 35.5. The molecule has 1 N–H and O–H groups in total. The highest BCUT2D eigenvalue weighted by Gasteiger charge is 2.34. The van der Waals surface area contributed by atoms with Crippen LogP contribution in [0.5, 0.6) is 5.75 Å². The standard InChI is InChI=1S/C20H21ClFNO2/c1-12-4-7-18-15(8-12)17(11-20(2,3)25-18)23-19(24)9-13-5-6-14(21)10-16(13)22/h4-8,10,17H,9,11H2,1-3H3,(H,23,24)/t17-/m1/s1. The third-order valence-electron chi connectivity index (χ3n) is 4.32. The van der Waals surface area contributed by atoms with Crippen molar-refractivity contribution >= 4 is 17.5 Å². The monoisotopic (exact) mass is 361 g/mol. The summed E-state index contributed by atoms with van der Waals surface area (Å²) in [7, 11) is 0. The van der Waals surface area contributed by atoms with Crippen molar-refractivity contribution in [2.45, 2.75) is 45.3 Å². The van der Waals surface area contributed by atoms with Gasteiger partial charge in [-0.1, -0.05) is 35.4 Å². The number of nitrogens with one attached hydrogen (secondary N) is 1. The van der Waals surface area contributed by atoms with Crippen LogP contribution in [0.4, 0.5) is 4.39 Å². The third-order valence-corrected chi connectivity index (χ3v) is 4.56. The molecule has 0 saturated carbocycles. The van der Waals surface area contributed by atoms with Crippen LogP contribution in [0.1, 0.15) is 43.0 Å². The van der Waals surface area contributed by atoms with Crippen LogP contribution in [-0.4, -0.2) is 11.5 Å². The predicted molar refractivity (Wildman–Crippen MR) is 96.5 cm³/mol. The summed E-state index contributed by atoms with van der Waals surface area (Å²) in [6.07, 6.45) is 0.625. The van der Waals surface area contributed by atoms with Crippen LogP contribution in [0, 0.1) is 12.7 Å². The lowest BCUT2D eigenvalue weighted by molar-refractivity contribution is -0.121. The van der Waals surface area contributed by atoms with E-state index >= 15 is 0 Å². The first-order chi connectivity index (χ1) is 11.7. The Morgan fingerprint density at radius 1 is 1.32 bits per heavy atom. The highest BCUT2D eigenvalue weighted by Crippen LogP contribution is 2.39. The summed E-state index contributed by atoms with van der Waals surface area (Å²) < 4.78 is 19.9. The van der Waals surface area contributed by atoms with Crippen molar-refractivity contribution in [3.8, 4) is 5.75 Å². The zero-order chi connectivity index (χ0) is 18.2. The zero-order valence-electron chi connectivity index (χ0n) is 14.5. The summed E-state index contributed by atoms with van der Waals surface area (Å²) in [5.41, 5.74) is 2.01. The molecule has 1 aliphatic rings. The lowest BCUT2D eigenvalue weighted by Gasteiger charge is -2.38. The minimum absolute atomic E-state index is 0.0259. The smallest absolute Gasteiger partial charge is 0.225 e. The molecule has 1 atom stereocenters. The first-order valence-electron chi connectivity index (χ1n) is 8.26. The number of amides is 1. The largest absolute Gasteiger partial charge is 0.487 e. The van der Waals surface area contributed by atoms with Crippen molar-refractivity contribution in [3.63, 3.8) is 0 Å². The molecule has 0 radical (unpaired) electrons. The van der Waals surface area contributed by atoms with E-state index in [1.54, 1.807) is 12.1 Å². The second-order valence-corrected chi connectivity index (χ2v) is 7.58. The molecular formula is C20H21ClFNO2. The van der Waals surface area contributed by atoms with Crippen LogP contribution in [0.15, 0.2) is 36.4 Å². The molecule has 0 aromatic heterocycles. The summed E-state index contributed by atoms with van der Waals surface area (Å²) in [6.45, 7) is 5.99. The summed E-state index contributed by atoms with van der Waals surface area (Å²) in [4.78, 5) is 12.5. The second kappa shape index (κ2) is 6.68. The van der Waals surface area contributed by atoms with Gasteiger partial charge in [-0.25, -0.2) is 4.39 Å². The molecule has 2 aromatic carbocycles. The number of ether oxygens (including phenoxy) is 1. The molecule has 2 aromatic rings. The maximum atomic E-state index is 13.9. The number of halogens is 2. The van der Waals surface area contributed by atoms with Crippen molar-refractivity contribution in [3.05, 3.63) is 63.9 Å². The third kappa shape index (κ3) is 4.13. The van der Waals surface area contributed by atoms with E-state index < -0.39 is 5.82 Å². The van der Waals surface area contributed by atoms with Crippen molar-refractivity contribution < 1.29 is 13.9 Å². The van der Waals surface area contributed by atoms with Crippen molar-refractivity contribution in [1.82, 2.24) is 5.32 Å². The van der Waals surface area contributed by atoms with Crippen molar-refractivity contribution in [1.29, 1.82) is 0 Å². The first-order valence-corrected chi connectivity index (χ1v) is 8.64. The Labute approximate surface area is 152 Å². The quantitative estimate of drug-likeness (QED) is 0.856. The van der Waals surface area contributed by atoms with E-state index in [-0.39, 0.29) is 24.0 Å². The van der Waals surface area contributed by atoms with E-state index in [9.17, 15) is 9.18 Å². The fraction of sp³-hybridized carbons (Fsp3) is 0.350. The number of rotatable bonds is 3. The van der Waals surface area contributed by atoms with Gasteiger partial charge in [0, 0.05) is 17.0 Å². The average Bonchev–Trinajstić information content (AvgIpc) is 2.50. The van der Waals surface area contributed by atoms with E-state index in [1.807, 2.05) is 39.0 Å². The van der Waals surface area contributed by atoms with Gasteiger partial charge in [0.25, 0.3) is 0 Å². The Kier molecular flexibility index (Phi) is 4.74. The maximum absolute atomic E-state index is 13.9. The predicted octanol–water partition coefficient (Wildman–Crippen LogP) is 4.75. The minimum Gasteiger partial charge on any atom is -0.487 e. The normalized spacial score (nSPS) is 18.2. The lowest BCUT2D eigenvalue weighted by atomic mass is 9.89. The summed E-state index contributed by atoms with van der Waals surface area (Å²) >= 11 is 5.76. The number of benzene rings is 2. The molecule has 0 fully saturated rings. The molecule has 1 aliphatic heterocycles. The second-order valence-electron chi connectivity index (χ2n) is 7.14. The van der Waals surface area contributed by atoms with Gasteiger partial charge < -0.3 is 10.1 Å². The van der Waals surface area contributed by atoms with Gasteiger partial charge in [0.15, 0.2) is 0 Å². The molecule has 0 bridgehead atoms. The lowest BCUT2D eigenvalue weighted by Crippen LogP contribution is -2.41. The van der Waals surface area contributed by atoms with Crippen LogP contribution >= 0.6 is 11.6 Å². The van der Waals surface area contributed by atoms with Crippen LogP contribution in [0.3, 0.4) is 0 Å². The van der Waals surface area contributed by atoms with Gasteiger partial charge in [-0.2, -0.15) is 0 Å². The van der Waals surface area contributed by atoms with Crippen LogP contribution < -0.4 is 10.1 Å². The van der Waals surface area contributed by atoms with Gasteiger partial charge in [0.1, 0.15) is 17.2 Å². The SMILES string of the molecule is Cc1ccc2c(c1)[C@H](NC(=O)Cc1ccc(Cl)cc1F)CC(C)(C)O2. The first kappa shape index (κ1) is 17.7. The van der Waals surface area contributed by atoms with Gasteiger partial charge in [0.05, 0.1) is 12.5 Å². The van der Waals surface area contributed by atoms with Crippen molar-refractivity contribution in [2.75, 3.05) is 0 Å². The molecule has 1 heterocycles. The molecule has 0 spiro atoms. The number of carbonyl (C=O) groups is 1. The fourth-order valence-corrected chi connectivity index (χ4v) is 3.34. The molecule has 3 nitrogen and oxygen atoms in total. The Balaban J connectivity index is 1.80. The van der Waals surface area contributed by atoms with Gasteiger partial charge in [-0.3, -0.25) is 4.79 Å². The highest BCUT2D eigenvalue weighted by molar-refractivity contribution is 6.30. The Morgan fingerprint density at radius 2 is 2.08 bits per heavy atom. The molecule has 5 heteroatoms. The minimum atomic E-state index is -0.466. The molecule has 1 amide bonds. The Morgan fingerprint density at radius 3 is 2.80 bits per heavy atom. The van der Waals surface area contributed by atoms with Crippen LogP contribution in [0.2, 0.25) is 5.02 Å². The summed E-state index contributed by atoms with van der Waals surface area (Å²) in [6, 6.07) is 10.1. The van der Waals surface area contributed by atoms with Gasteiger partial charge in [-0.15, -0.1) is 0 Å². The topological polar surface area (TPSA) is 38.3 Å². The molecule has 132 valence electrons. The van der Waals surface area contributed by atoms with E-state index in [0.717, 1.165) is 16.9 Å². The summed E-state index contributed by atoms with van der Waals surface area (Å²) in [5.74, 6) is 0.0902. The molecule has 0 saturated heterocycles. The number of hydrogen-bond acceptors (Lipinski definition) is 2. The number of hydrogen-bond donors (Lipinski definition) is 1. The molecule has 0 unspecified atom stereocenters. The number of aryl methyl sites for hydroxylation is 1. The van der Waals surface area contributed by atoms with Gasteiger partial charge >= 0.3 is 0 Å². The molecule has 0 aliphatic carbocycles. The fourth-order valence-electron chi connectivity index (χ4n) is 3.19. The van der Waals surface area contributed by atoms with Crippen LogP contribution in [0.25, 0.3) is 0 Å². The Hall–Kier alpha value is -2.07. The van der Waals surface area contributed by atoms with Crippen molar-refractivity contribution in [2.24, 2.45) is 0 Å². The number of fused-ring (bicyclic) bond motifs is 1. The molecule has 3 rings (SSSR count). The van der Waals surface area contributed by atoms with Gasteiger partial charge in [0.2, 0.25) is 5.91 Å². The zero-order valence-corrected chi connectivity index (χ0v) is 15.3. The summed E-state index contributed by atoms with van der Waals surface area (Å²) in [5, 5.41) is 3.35. The van der Waals surface area contributed by atoms with E-state index in [4.69, 9.17) is 16.3 Å². The van der Waals surface area contributed by atoms with Crippen LogP contribution in [-0.2, 0) is 11.2 Å². The van der Waals surface area contributed by atoms with E-state index in [0.29, 0.717) is 17.0 Å². The van der Waals surface area contributed by atoms with Gasteiger partial charge in [-0.05, 0) is 44.5 Å². The molecular weight excluding hydrogens is 341 g/mol. The van der Waals surface area contributed by atoms with E-state index in [1.165, 1.54) is 6.07 Å². The molecule has 25 heavy (non-hydrogen) atoms. The van der Waals surface area contributed by atoms with E-state index in [2.05, 4.69) is 5.32 Å². The number of carbonyl (C=O) groups excluding carboxylic acids is 1. The maximum Gasteiger partial charge on any atom is 0.225 e.